The maximum absolute atomic E-state index is 11.5. The summed E-state index contributed by atoms with van der Waals surface area (Å²) in [5.74, 6) is 2.38. The predicted molar refractivity (Wildman–Crippen MR) is 146 cm³/mol. The van der Waals surface area contributed by atoms with E-state index in [1.165, 1.54) is 4.90 Å². The van der Waals surface area contributed by atoms with Gasteiger partial charge < -0.3 is 34.6 Å². The van der Waals surface area contributed by atoms with E-state index in [-0.39, 0.29) is 12.0 Å². The van der Waals surface area contributed by atoms with E-state index in [4.69, 9.17) is 30.8 Å². The minimum Gasteiger partial charge on any atom is -0.491 e. The summed E-state index contributed by atoms with van der Waals surface area (Å²) in [5.41, 5.74) is 3.65. The molecule has 0 unspecified atom stereocenters. The van der Waals surface area contributed by atoms with Crippen LogP contribution in [0, 0.1) is 26.2 Å². The third-order valence-electron chi connectivity index (χ3n) is 7.51. The number of nitrogens with zero attached hydrogens (tertiary/aromatic N) is 5. The van der Waals surface area contributed by atoms with Crippen LogP contribution in [-0.2, 0) is 0 Å². The Kier molecular flexibility index (Phi) is 7.41. The zero-order chi connectivity index (χ0) is 27.9. The number of ether oxygens (including phenoxy) is 1. The molecule has 0 bridgehead atoms. The van der Waals surface area contributed by atoms with Crippen LogP contribution in [0.25, 0.3) is 22.6 Å². The first-order chi connectivity index (χ1) is 18.6. The molecule has 39 heavy (non-hydrogen) atoms. The smallest absolute Gasteiger partial charge is 0.407 e. The minimum atomic E-state index is -0.873. The molecule has 2 fully saturated rings. The number of benzene rings is 1. The second-order valence-corrected chi connectivity index (χ2v) is 10.9. The molecular formula is C27H33ClN6O5. The molecule has 4 heterocycles. The van der Waals surface area contributed by atoms with Gasteiger partial charge in [0.1, 0.15) is 30.0 Å². The van der Waals surface area contributed by atoms with Gasteiger partial charge in [-0.3, -0.25) is 0 Å². The van der Waals surface area contributed by atoms with Gasteiger partial charge in [0.15, 0.2) is 5.82 Å². The molecule has 2 saturated heterocycles. The number of amides is 1. The standard InChI is InChI=1S/C27H33ClN6O5/c1-15-23(22-16(2)32-39-17(22)3)30-24(20-9-19(5-6-21(20)28)38-11-18(35)10-29-4)31-25(15)34-13-27(14-34)7-8-33(12-27)26(36)37/h5-6,9,18,29,35H,7-8,10-14H2,1-4H3,(H,36,37)/t18-/m1/s1. The number of rotatable bonds is 8. The van der Waals surface area contributed by atoms with E-state index in [9.17, 15) is 15.0 Å². The van der Waals surface area contributed by atoms with Gasteiger partial charge in [-0.15, -0.1) is 0 Å². The van der Waals surface area contributed by atoms with Crippen LogP contribution in [0.5, 0.6) is 5.75 Å². The number of hydrogen-bond acceptors (Lipinski definition) is 9. The van der Waals surface area contributed by atoms with Gasteiger partial charge in [-0.1, -0.05) is 16.8 Å². The SMILES string of the molecule is CNC[C@@H](O)COc1ccc(Cl)c(-c2nc(-c3c(C)noc3C)c(C)c(N3CC4(CCN(C(=O)O)C4)C3)n2)c1. The number of aliphatic hydroxyl groups excluding tert-OH is 1. The lowest BCUT2D eigenvalue weighted by molar-refractivity contribution is 0.108. The number of halogens is 1. The van der Waals surface area contributed by atoms with Gasteiger partial charge in [-0.25, -0.2) is 14.8 Å². The van der Waals surface area contributed by atoms with E-state index in [0.717, 1.165) is 29.1 Å². The summed E-state index contributed by atoms with van der Waals surface area (Å²) in [4.78, 5) is 25.1. The van der Waals surface area contributed by atoms with Crippen LogP contribution >= 0.6 is 11.6 Å². The van der Waals surface area contributed by atoms with E-state index in [2.05, 4.69) is 15.4 Å². The van der Waals surface area contributed by atoms with Crippen molar-refractivity contribution in [1.82, 2.24) is 25.3 Å². The fraction of sp³-hybridized carbons (Fsp3) is 0.481. The monoisotopic (exact) mass is 556 g/mol. The first-order valence-electron chi connectivity index (χ1n) is 12.9. The van der Waals surface area contributed by atoms with E-state index in [1.54, 1.807) is 25.2 Å². The van der Waals surface area contributed by atoms with E-state index in [0.29, 0.717) is 66.3 Å². The molecule has 3 N–H and O–H groups in total. The molecule has 0 saturated carbocycles. The number of likely N-dealkylation sites (N-methyl/N-ethyl adjacent to an activating group) is 1. The Balaban J connectivity index is 1.52. The minimum absolute atomic E-state index is 0.0707. The fourth-order valence-electron chi connectivity index (χ4n) is 5.52. The lowest BCUT2D eigenvalue weighted by Gasteiger charge is -2.49. The summed E-state index contributed by atoms with van der Waals surface area (Å²) >= 11 is 6.65. The Hall–Kier alpha value is -3.41. The number of aliphatic hydroxyl groups is 1. The predicted octanol–water partition coefficient (Wildman–Crippen LogP) is 3.53. The molecule has 0 radical (unpaired) electrons. The quantitative estimate of drug-likeness (QED) is 0.378. The summed E-state index contributed by atoms with van der Waals surface area (Å²) in [6.45, 7) is 8.72. The van der Waals surface area contributed by atoms with Crippen molar-refractivity contribution in [2.24, 2.45) is 5.41 Å². The van der Waals surface area contributed by atoms with Crippen molar-refractivity contribution in [1.29, 1.82) is 0 Å². The number of carboxylic acid groups (broad SMARTS) is 1. The van der Waals surface area contributed by atoms with Gasteiger partial charge in [0.25, 0.3) is 0 Å². The van der Waals surface area contributed by atoms with Crippen LogP contribution in [-0.4, -0.2) is 88.8 Å². The van der Waals surface area contributed by atoms with Crippen molar-refractivity contribution in [2.45, 2.75) is 33.3 Å². The summed E-state index contributed by atoms with van der Waals surface area (Å²) in [6, 6.07) is 5.25. The van der Waals surface area contributed by atoms with Gasteiger partial charge >= 0.3 is 6.09 Å². The van der Waals surface area contributed by atoms with E-state index >= 15 is 0 Å². The number of aromatic nitrogens is 3. The Morgan fingerprint density at radius 1 is 1.26 bits per heavy atom. The molecule has 5 rings (SSSR count). The highest BCUT2D eigenvalue weighted by atomic mass is 35.5. The van der Waals surface area contributed by atoms with Crippen molar-refractivity contribution < 1.29 is 24.3 Å². The van der Waals surface area contributed by atoms with Crippen LogP contribution in [0.15, 0.2) is 22.7 Å². The maximum Gasteiger partial charge on any atom is 0.407 e. The number of carbonyl (C=O) groups is 1. The molecule has 12 heteroatoms. The Morgan fingerprint density at radius 3 is 2.67 bits per heavy atom. The third kappa shape index (κ3) is 5.26. The average Bonchev–Trinajstić information content (AvgIpc) is 3.47. The lowest BCUT2D eigenvalue weighted by atomic mass is 9.79. The molecule has 1 spiro atoms. The van der Waals surface area contributed by atoms with E-state index in [1.807, 2.05) is 20.8 Å². The van der Waals surface area contributed by atoms with Gasteiger partial charge in [0.05, 0.1) is 22.0 Å². The summed E-state index contributed by atoms with van der Waals surface area (Å²) in [7, 11) is 1.77. The van der Waals surface area contributed by atoms with Gasteiger partial charge in [0, 0.05) is 49.3 Å². The number of likely N-dealkylation sites (tertiary alicyclic amines) is 1. The number of anilines is 1. The largest absolute Gasteiger partial charge is 0.491 e. The molecule has 1 atom stereocenters. The zero-order valence-electron chi connectivity index (χ0n) is 22.5. The Labute approximate surface area is 231 Å². The fourth-order valence-corrected chi connectivity index (χ4v) is 5.72. The highest BCUT2D eigenvalue weighted by Crippen LogP contribution is 2.44. The summed E-state index contributed by atoms with van der Waals surface area (Å²) < 4.78 is 11.3. The molecule has 2 aliphatic rings. The molecule has 2 aliphatic heterocycles. The topological polar surface area (TPSA) is 137 Å². The van der Waals surface area contributed by atoms with Crippen LogP contribution in [0.2, 0.25) is 5.02 Å². The van der Waals surface area contributed by atoms with Crippen LogP contribution in [0.1, 0.15) is 23.4 Å². The van der Waals surface area contributed by atoms with Crippen molar-refractivity contribution in [3.63, 3.8) is 0 Å². The van der Waals surface area contributed by atoms with Crippen molar-refractivity contribution in [3.05, 3.63) is 40.2 Å². The van der Waals surface area contributed by atoms with Gasteiger partial charge in [-0.2, -0.15) is 0 Å². The Morgan fingerprint density at radius 2 is 2.03 bits per heavy atom. The van der Waals surface area contributed by atoms with Crippen molar-refractivity contribution in [3.8, 4) is 28.4 Å². The van der Waals surface area contributed by atoms with Gasteiger partial charge in [0.2, 0.25) is 0 Å². The third-order valence-corrected chi connectivity index (χ3v) is 7.84. The summed E-state index contributed by atoms with van der Waals surface area (Å²) in [6.07, 6.45) is -0.704. The maximum atomic E-state index is 11.5. The number of aryl methyl sites for hydroxylation is 2. The molecular weight excluding hydrogens is 524 g/mol. The number of nitrogens with one attached hydrogen (secondary N) is 1. The van der Waals surface area contributed by atoms with E-state index < -0.39 is 12.2 Å². The van der Waals surface area contributed by atoms with Crippen LogP contribution in [0.4, 0.5) is 10.6 Å². The molecule has 2 aromatic heterocycles. The van der Waals surface area contributed by atoms with Crippen LogP contribution < -0.4 is 15.0 Å². The van der Waals surface area contributed by atoms with Gasteiger partial charge in [-0.05, 0) is 52.4 Å². The Bertz CT molecular complexity index is 1370. The molecule has 0 aliphatic carbocycles. The second-order valence-electron chi connectivity index (χ2n) is 10.5. The van der Waals surface area contributed by atoms with Crippen molar-refractivity contribution in [2.75, 3.05) is 51.3 Å². The first kappa shape index (κ1) is 27.2. The molecule has 1 aromatic carbocycles. The highest BCUT2D eigenvalue weighted by molar-refractivity contribution is 6.33. The normalized spacial score (nSPS) is 17.0. The second kappa shape index (κ2) is 10.6. The highest BCUT2D eigenvalue weighted by Gasteiger charge is 2.49. The average molecular weight is 557 g/mol. The molecule has 3 aromatic rings. The molecule has 1 amide bonds. The molecule has 11 nitrogen and oxygen atoms in total. The first-order valence-corrected chi connectivity index (χ1v) is 13.3. The molecule has 208 valence electrons. The van der Waals surface area contributed by atoms with Crippen LogP contribution in [0.3, 0.4) is 0 Å². The number of hydrogen-bond donors (Lipinski definition) is 3. The van der Waals surface area contributed by atoms with Crippen molar-refractivity contribution >= 4 is 23.5 Å². The summed E-state index contributed by atoms with van der Waals surface area (Å²) in [5, 5.41) is 27.0. The zero-order valence-corrected chi connectivity index (χ0v) is 23.2. The lowest BCUT2D eigenvalue weighted by Crippen LogP contribution is -2.58.